The molecule has 3 heteroatoms. The van der Waals surface area contributed by atoms with Crippen molar-refractivity contribution in [2.24, 2.45) is 0 Å². The van der Waals surface area contributed by atoms with Gasteiger partial charge in [-0.15, -0.1) is 0 Å². The zero-order valence-corrected chi connectivity index (χ0v) is 8.14. The fourth-order valence-corrected chi connectivity index (χ4v) is 1.26. The number of hydrogen-bond acceptors (Lipinski definition) is 1. The molecule has 1 nitrogen and oxygen atoms in total. The summed E-state index contributed by atoms with van der Waals surface area (Å²) in [7, 11) is 0. The van der Waals surface area contributed by atoms with Crippen LogP contribution in [0.5, 0.6) is 0 Å². The van der Waals surface area contributed by atoms with Gasteiger partial charge in [0, 0.05) is 4.47 Å². The van der Waals surface area contributed by atoms with Gasteiger partial charge >= 0.3 is 0 Å². The predicted molar refractivity (Wildman–Crippen MR) is 48.8 cm³/mol. The number of rotatable bonds is 2. The van der Waals surface area contributed by atoms with Crippen molar-refractivity contribution in [2.75, 3.05) is 0 Å². The molecule has 0 aliphatic carbocycles. The molecule has 0 saturated heterocycles. The molecule has 1 aromatic carbocycles. The topological polar surface area (TPSA) is 17.1 Å². The van der Waals surface area contributed by atoms with Gasteiger partial charge in [-0.1, -0.05) is 28.1 Å². The lowest BCUT2D eigenvalue weighted by Crippen LogP contribution is -1.92. The van der Waals surface area contributed by atoms with Crippen molar-refractivity contribution in [3.63, 3.8) is 0 Å². The lowest BCUT2D eigenvalue weighted by atomic mass is 10.1. The van der Waals surface area contributed by atoms with Gasteiger partial charge in [0.15, 0.2) is 12.5 Å². The van der Waals surface area contributed by atoms with Crippen LogP contribution in [0, 0.1) is 6.92 Å². The van der Waals surface area contributed by atoms with Gasteiger partial charge in [-0.2, -0.15) is 0 Å². The maximum absolute atomic E-state index is 12.8. The fraction of sp³-hybridized carbons (Fsp3) is 0.222. The van der Waals surface area contributed by atoms with Crippen LogP contribution in [0.25, 0.3) is 0 Å². The van der Waals surface area contributed by atoms with E-state index in [1.807, 2.05) is 6.92 Å². The maximum atomic E-state index is 12.8. The summed E-state index contributed by atoms with van der Waals surface area (Å²) >= 11 is 3.26. The third-order valence-electron chi connectivity index (χ3n) is 1.63. The first-order valence-electron chi connectivity index (χ1n) is 3.50. The van der Waals surface area contributed by atoms with Crippen LogP contribution in [0.1, 0.15) is 17.3 Å². The average molecular weight is 231 g/mol. The number of carbonyl (C=O) groups is 1. The van der Waals surface area contributed by atoms with Gasteiger partial charge in [-0.05, 0) is 24.1 Å². The number of aldehydes is 1. The lowest BCUT2D eigenvalue weighted by molar-refractivity contribution is -0.112. The van der Waals surface area contributed by atoms with Crippen LogP contribution >= 0.6 is 15.9 Å². The lowest BCUT2D eigenvalue weighted by Gasteiger charge is -2.03. The highest BCUT2D eigenvalue weighted by molar-refractivity contribution is 9.10. The van der Waals surface area contributed by atoms with Crippen molar-refractivity contribution in [1.29, 1.82) is 0 Å². The van der Waals surface area contributed by atoms with E-state index in [1.54, 1.807) is 18.2 Å². The first kappa shape index (κ1) is 9.39. The molecule has 0 aliphatic heterocycles. The Hall–Kier alpha value is -0.700. The van der Waals surface area contributed by atoms with E-state index in [4.69, 9.17) is 0 Å². The highest BCUT2D eigenvalue weighted by Crippen LogP contribution is 2.22. The molecule has 0 aliphatic rings. The Morgan fingerprint density at radius 1 is 1.58 bits per heavy atom. The van der Waals surface area contributed by atoms with Crippen LogP contribution in [-0.4, -0.2) is 6.29 Å². The monoisotopic (exact) mass is 230 g/mol. The molecular formula is C9H8BrFO. The molecule has 1 unspecified atom stereocenters. The van der Waals surface area contributed by atoms with E-state index in [1.165, 1.54) is 0 Å². The summed E-state index contributed by atoms with van der Waals surface area (Å²) in [5.41, 5.74) is 1.42. The van der Waals surface area contributed by atoms with E-state index in [0.29, 0.717) is 5.56 Å². The molecule has 1 aromatic rings. The van der Waals surface area contributed by atoms with Crippen LogP contribution < -0.4 is 0 Å². The van der Waals surface area contributed by atoms with E-state index in [0.717, 1.165) is 10.0 Å². The van der Waals surface area contributed by atoms with E-state index < -0.39 is 6.17 Å². The molecule has 0 N–H and O–H groups in total. The van der Waals surface area contributed by atoms with Crippen molar-refractivity contribution in [1.82, 2.24) is 0 Å². The summed E-state index contributed by atoms with van der Waals surface area (Å²) in [4.78, 5) is 10.1. The fourth-order valence-electron chi connectivity index (χ4n) is 0.859. The molecule has 0 amide bonds. The first-order valence-corrected chi connectivity index (χ1v) is 4.30. The Morgan fingerprint density at radius 2 is 2.25 bits per heavy atom. The van der Waals surface area contributed by atoms with Crippen LogP contribution in [0.15, 0.2) is 22.7 Å². The second kappa shape index (κ2) is 3.81. The molecule has 0 bridgehead atoms. The highest BCUT2D eigenvalue weighted by Gasteiger charge is 2.08. The minimum absolute atomic E-state index is 0.289. The molecule has 64 valence electrons. The summed E-state index contributed by atoms with van der Waals surface area (Å²) in [6.45, 7) is 1.90. The Balaban J connectivity index is 3.04. The molecular weight excluding hydrogens is 223 g/mol. The Morgan fingerprint density at radius 3 is 2.75 bits per heavy atom. The minimum Gasteiger partial charge on any atom is -0.300 e. The average Bonchev–Trinajstić information content (AvgIpc) is 2.08. The standard InChI is InChI=1S/C9H8BrFO/c1-6-2-3-7(4-8(6)10)9(11)5-12/h2-5,9H,1H3. The quantitative estimate of drug-likeness (QED) is 0.715. The molecule has 0 spiro atoms. The van der Waals surface area contributed by atoms with Crippen LogP contribution in [-0.2, 0) is 4.79 Å². The number of halogens is 2. The van der Waals surface area contributed by atoms with Crippen LogP contribution in [0.3, 0.4) is 0 Å². The zero-order valence-electron chi connectivity index (χ0n) is 6.55. The second-order valence-electron chi connectivity index (χ2n) is 2.55. The summed E-state index contributed by atoms with van der Waals surface area (Å²) < 4.78 is 13.6. The van der Waals surface area contributed by atoms with Gasteiger partial charge < -0.3 is 0 Å². The number of aryl methyl sites for hydroxylation is 1. The molecule has 0 radical (unpaired) electrons. The Bertz CT molecular complexity index is 299. The highest BCUT2D eigenvalue weighted by atomic mass is 79.9. The van der Waals surface area contributed by atoms with E-state index >= 15 is 0 Å². The predicted octanol–water partition coefficient (Wildman–Crippen LogP) is 2.97. The molecule has 0 aromatic heterocycles. The van der Waals surface area contributed by atoms with E-state index in [-0.39, 0.29) is 6.29 Å². The molecule has 0 fully saturated rings. The molecule has 0 saturated carbocycles. The van der Waals surface area contributed by atoms with Gasteiger partial charge in [-0.25, -0.2) is 4.39 Å². The Kier molecular flexibility index (Phi) is 2.98. The normalized spacial score (nSPS) is 12.6. The molecule has 0 heterocycles. The van der Waals surface area contributed by atoms with Crippen molar-refractivity contribution < 1.29 is 9.18 Å². The molecule has 12 heavy (non-hydrogen) atoms. The van der Waals surface area contributed by atoms with Gasteiger partial charge in [0.2, 0.25) is 0 Å². The van der Waals surface area contributed by atoms with Gasteiger partial charge in [0.05, 0.1) is 0 Å². The van der Waals surface area contributed by atoms with Crippen LogP contribution in [0.4, 0.5) is 4.39 Å². The maximum Gasteiger partial charge on any atom is 0.180 e. The van der Waals surface area contributed by atoms with Crippen molar-refractivity contribution in [3.05, 3.63) is 33.8 Å². The Labute approximate surface area is 78.7 Å². The minimum atomic E-state index is -1.51. The number of carbonyl (C=O) groups excluding carboxylic acids is 1. The molecule has 1 rings (SSSR count). The second-order valence-corrected chi connectivity index (χ2v) is 3.40. The van der Waals surface area contributed by atoms with Crippen molar-refractivity contribution >= 4 is 22.2 Å². The summed E-state index contributed by atoms with van der Waals surface area (Å²) in [6, 6.07) is 5.00. The summed E-state index contributed by atoms with van der Waals surface area (Å²) in [5, 5.41) is 0. The van der Waals surface area contributed by atoms with Gasteiger partial charge in [-0.3, -0.25) is 4.79 Å². The smallest absolute Gasteiger partial charge is 0.180 e. The number of alkyl halides is 1. The van der Waals surface area contributed by atoms with E-state index in [9.17, 15) is 9.18 Å². The van der Waals surface area contributed by atoms with Gasteiger partial charge in [0.1, 0.15) is 0 Å². The van der Waals surface area contributed by atoms with Crippen molar-refractivity contribution in [2.45, 2.75) is 13.1 Å². The molecule has 1 atom stereocenters. The third kappa shape index (κ3) is 1.91. The number of hydrogen-bond donors (Lipinski definition) is 0. The van der Waals surface area contributed by atoms with Gasteiger partial charge in [0.25, 0.3) is 0 Å². The SMILES string of the molecule is Cc1ccc(C(F)C=O)cc1Br. The largest absolute Gasteiger partial charge is 0.300 e. The van der Waals surface area contributed by atoms with E-state index in [2.05, 4.69) is 15.9 Å². The zero-order chi connectivity index (χ0) is 9.14. The van der Waals surface area contributed by atoms with Crippen LogP contribution in [0.2, 0.25) is 0 Å². The van der Waals surface area contributed by atoms with Crippen molar-refractivity contribution in [3.8, 4) is 0 Å². The number of benzene rings is 1. The summed E-state index contributed by atoms with van der Waals surface area (Å²) in [5.74, 6) is 0. The third-order valence-corrected chi connectivity index (χ3v) is 2.49. The first-order chi connectivity index (χ1) is 5.65. The summed E-state index contributed by atoms with van der Waals surface area (Å²) in [6.07, 6.45) is -1.22.